The maximum atomic E-state index is 12.2. The van der Waals surface area contributed by atoms with E-state index in [9.17, 15) is 4.79 Å². The SMILES string of the molecule is CC(C)(C)c1ccc(CN2CCCC(CNC(=O)C3CCCN3)C2)cc1. The van der Waals surface area contributed by atoms with Gasteiger partial charge in [0.25, 0.3) is 0 Å². The van der Waals surface area contributed by atoms with Crippen LogP contribution in [0.5, 0.6) is 0 Å². The number of likely N-dealkylation sites (tertiary alicyclic amines) is 1. The van der Waals surface area contributed by atoms with E-state index in [1.54, 1.807) is 0 Å². The first-order chi connectivity index (χ1) is 12.4. The van der Waals surface area contributed by atoms with Crippen molar-refractivity contribution in [1.29, 1.82) is 0 Å². The first-order valence-electron chi connectivity index (χ1n) is 10.2. The molecule has 2 aliphatic heterocycles. The summed E-state index contributed by atoms with van der Waals surface area (Å²) < 4.78 is 0. The molecule has 26 heavy (non-hydrogen) atoms. The molecule has 1 aromatic carbocycles. The van der Waals surface area contributed by atoms with Crippen LogP contribution in [0.15, 0.2) is 24.3 Å². The Hall–Kier alpha value is -1.39. The van der Waals surface area contributed by atoms with Gasteiger partial charge in [-0.3, -0.25) is 9.69 Å². The lowest BCUT2D eigenvalue weighted by atomic mass is 9.86. The number of carbonyl (C=O) groups is 1. The van der Waals surface area contributed by atoms with Crippen molar-refractivity contribution in [3.63, 3.8) is 0 Å². The Morgan fingerprint density at radius 1 is 1.19 bits per heavy atom. The summed E-state index contributed by atoms with van der Waals surface area (Å²) in [5, 5.41) is 6.45. The molecule has 1 amide bonds. The van der Waals surface area contributed by atoms with E-state index in [-0.39, 0.29) is 17.4 Å². The standard InChI is InChI=1S/C22H35N3O/c1-22(2,3)19-10-8-17(9-11-19)15-25-13-5-6-18(16-25)14-24-21(26)20-7-4-12-23-20/h8-11,18,20,23H,4-7,12-16H2,1-3H3,(H,24,26). The van der Waals surface area contributed by atoms with Crippen LogP contribution in [0.25, 0.3) is 0 Å². The molecule has 144 valence electrons. The lowest BCUT2D eigenvalue weighted by Crippen LogP contribution is -2.45. The van der Waals surface area contributed by atoms with Gasteiger partial charge in [-0.25, -0.2) is 0 Å². The average Bonchev–Trinajstić information content (AvgIpc) is 3.14. The van der Waals surface area contributed by atoms with Crippen LogP contribution in [-0.2, 0) is 16.8 Å². The van der Waals surface area contributed by atoms with Crippen molar-refractivity contribution in [2.45, 2.75) is 64.5 Å². The molecule has 0 aliphatic carbocycles. The van der Waals surface area contributed by atoms with Gasteiger partial charge in [0.05, 0.1) is 6.04 Å². The third-order valence-corrected chi connectivity index (χ3v) is 5.77. The van der Waals surface area contributed by atoms with E-state index >= 15 is 0 Å². The Morgan fingerprint density at radius 2 is 1.96 bits per heavy atom. The monoisotopic (exact) mass is 357 g/mol. The molecule has 2 fully saturated rings. The predicted octanol–water partition coefficient (Wildman–Crippen LogP) is 3.06. The smallest absolute Gasteiger partial charge is 0.237 e. The Balaban J connectivity index is 1.46. The molecule has 0 saturated carbocycles. The topological polar surface area (TPSA) is 44.4 Å². The minimum atomic E-state index is 0.0380. The summed E-state index contributed by atoms with van der Waals surface area (Å²) in [5.41, 5.74) is 2.99. The Bertz CT molecular complexity index is 584. The zero-order chi connectivity index (χ0) is 18.6. The normalized spacial score (nSPS) is 24.6. The molecule has 1 aromatic rings. The summed E-state index contributed by atoms with van der Waals surface area (Å²) in [4.78, 5) is 14.7. The molecular weight excluding hydrogens is 322 g/mol. The molecule has 2 unspecified atom stereocenters. The predicted molar refractivity (Wildman–Crippen MR) is 107 cm³/mol. The van der Waals surface area contributed by atoms with Gasteiger partial charge in [-0.15, -0.1) is 0 Å². The lowest BCUT2D eigenvalue weighted by molar-refractivity contribution is -0.123. The van der Waals surface area contributed by atoms with Crippen LogP contribution < -0.4 is 10.6 Å². The van der Waals surface area contributed by atoms with Crippen molar-refractivity contribution in [2.24, 2.45) is 5.92 Å². The first kappa shape index (κ1) is 19.4. The van der Waals surface area contributed by atoms with Crippen LogP contribution in [0.2, 0.25) is 0 Å². The fraction of sp³-hybridized carbons (Fsp3) is 0.682. The van der Waals surface area contributed by atoms with Gasteiger partial charge in [-0.1, -0.05) is 45.0 Å². The van der Waals surface area contributed by atoms with Crippen LogP contribution >= 0.6 is 0 Å². The molecule has 2 N–H and O–H groups in total. The average molecular weight is 358 g/mol. The zero-order valence-electron chi connectivity index (χ0n) is 16.7. The zero-order valence-corrected chi connectivity index (χ0v) is 16.7. The highest BCUT2D eigenvalue weighted by Crippen LogP contribution is 2.23. The van der Waals surface area contributed by atoms with Crippen molar-refractivity contribution >= 4 is 5.91 Å². The molecule has 2 atom stereocenters. The molecule has 0 bridgehead atoms. The number of piperidine rings is 1. The number of hydrogen-bond donors (Lipinski definition) is 2. The number of amides is 1. The fourth-order valence-electron chi connectivity index (χ4n) is 4.11. The molecule has 2 saturated heterocycles. The molecule has 2 heterocycles. The number of benzene rings is 1. The van der Waals surface area contributed by atoms with Crippen LogP contribution in [0.3, 0.4) is 0 Å². The van der Waals surface area contributed by atoms with Gasteiger partial charge < -0.3 is 10.6 Å². The highest BCUT2D eigenvalue weighted by molar-refractivity contribution is 5.81. The van der Waals surface area contributed by atoms with Gasteiger partial charge in [0, 0.05) is 19.6 Å². The van der Waals surface area contributed by atoms with Crippen LogP contribution in [-0.4, -0.2) is 43.0 Å². The summed E-state index contributed by atoms with van der Waals surface area (Å²) in [5.74, 6) is 0.764. The van der Waals surface area contributed by atoms with E-state index in [1.165, 1.54) is 24.0 Å². The molecule has 0 spiro atoms. The highest BCUT2D eigenvalue weighted by Gasteiger charge is 2.24. The number of hydrogen-bond acceptors (Lipinski definition) is 3. The third-order valence-electron chi connectivity index (χ3n) is 5.77. The Morgan fingerprint density at radius 3 is 2.62 bits per heavy atom. The maximum Gasteiger partial charge on any atom is 0.237 e. The van der Waals surface area contributed by atoms with E-state index < -0.39 is 0 Å². The Labute approximate surface area is 158 Å². The summed E-state index contributed by atoms with van der Waals surface area (Å²) >= 11 is 0. The van der Waals surface area contributed by atoms with Crippen molar-refractivity contribution in [3.05, 3.63) is 35.4 Å². The van der Waals surface area contributed by atoms with Crippen LogP contribution in [0, 0.1) is 5.92 Å². The quantitative estimate of drug-likeness (QED) is 0.851. The molecule has 2 aliphatic rings. The van der Waals surface area contributed by atoms with Gasteiger partial charge in [-0.05, 0) is 61.2 Å². The molecule has 4 nitrogen and oxygen atoms in total. The summed E-state index contributed by atoms with van der Waals surface area (Å²) in [6.07, 6.45) is 4.54. The molecule has 4 heteroatoms. The van der Waals surface area contributed by atoms with E-state index in [0.717, 1.165) is 45.6 Å². The number of nitrogens with one attached hydrogen (secondary N) is 2. The van der Waals surface area contributed by atoms with Crippen molar-refractivity contribution in [2.75, 3.05) is 26.2 Å². The van der Waals surface area contributed by atoms with Crippen LogP contribution in [0.4, 0.5) is 0 Å². The van der Waals surface area contributed by atoms with Crippen LogP contribution in [0.1, 0.15) is 57.6 Å². The minimum Gasteiger partial charge on any atom is -0.354 e. The molecule has 0 radical (unpaired) electrons. The lowest BCUT2D eigenvalue weighted by Gasteiger charge is -2.33. The second-order valence-corrected chi connectivity index (χ2v) is 9.08. The van der Waals surface area contributed by atoms with E-state index in [2.05, 4.69) is 60.6 Å². The van der Waals surface area contributed by atoms with E-state index in [1.807, 2.05) is 0 Å². The fourth-order valence-corrected chi connectivity index (χ4v) is 4.11. The van der Waals surface area contributed by atoms with Crippen molar-refractivity contribution in [1.82, 2.24) is 15.5 Å². The summed E-state index contributed by atoms with van der Waals surface area (Å²) in [7, 11) is 0. The van der Waals surface area contributed by atoms with Crippen molar-refractivity contribution < 1.29 is 4.79 Å². The largest absolute Gasteiger partial charge is 0.354 e. The van der Waals surface area contributed by atoms with Crippen molar-refractivity contribution in [3.8, 4) is 0 Å². The number of carbonyl (C=O) groups excluding carboxylic acids is 1. The number of nitrogens with zero attached hydrogens (tertiary/aromatic N) is 1. The molecule has 0 aromatic heterocycles. The summed E-state index contributed by atoms with van der Waals surface area (Å²) in [6, 6.07) is 9.13. The minimum absolute atomic E-state index is 0.0380. The first-order valence-corrected chi connectivity index (χ1v) is 10.2. The molecular formula is C22H35N3O. The van der Waals surface area contributed by atoms with Gasteiger partial charge in [-0.2, -0.15) is 0 Å². The number of rotatable bonds is 5. The Kier molecular flexibility index (Phi) is 6.36. The van der Waals surface area contributed by atoms with E-state index in [0.29, 0.717) is 5.92 Å². The third kappa shape index (κ3) is 5.31. The maximum absolute atomic E-state index is 12.2. The van der Waals surface area contributed by atoms with Gasteiger partial charge in [0.2, 0.25) is 5.91 Å². The summed E-state index contributed by atoms with van der Waals surface area (Å²) in [6.45, 7) is 11.8. The molecule has 3 rings (SSSR count). The van der Waals surface area contributed by atoms with Gasteiger partial charge >= 0.3 is 0 Å². The highest BCUT2D eigenvalue weighted by atomic mass is 16.2. The second kappa shape index (κ2) is 8.53. The second-order valence-electron chi connectivity index (χ2n) is 9.08. The van der Waals surface area contributed by atoms with Gasteiger partial charge in [0.15, 0.2) is 0 Å². The van der Waals surface area contributed by atoms with E-state index in [4.69, 9.17) is 0 Å². The van der Waals surface area contributed by atoms with Gasteiger partial charge in [0.1, 0.15) is 0 Å².